The zero-order chi connectivity index (χ0) is 28.2. The first-order valence-corrected chi connectivity index (χ1v) is 14.2. The third-order valence-electron chi connectivity index (χ3n) is 8.40. The molecule has 9 nitrogen and oxygen atoms in total. The van der Waals surface area contributed by atoms with Gasteiger partial charge in [-0.2, -0.15) is 5.10 Å². The van der Waals surface area contributed by atoms with E-state index in [9.17, 15) is 14.7 Å². The lowest BCUT2D eigenvalue weighted by atomic mass is 9.53. The van der Waals surface area contributed by atoms with Gasteiger partial charge >= 0.3 is 0 Å². The van der Waals surface area contributed by atoms with E-state index in [1.807, 2.05) is 35.7 Å². The Hall–Kier alpha value is -3.59. The number of carbonyl (C=O) groups excluding carboxylic acids is 2. The average Bonchev–Trinajstić information content (AvgIpc) is 3.59. The number of amides is 2. The van der Waals surface area contributed by atoms with E-state index in [1.54, 1.807) is 26.1 Å². The van der Waals surface area contributed by atoms with Crippen molar-refractivity contribution < 1.29 is 24.2 Å². The van der Waals surface area contributed by atoms with Crippen molar-refractivity contribution in [1.82, 2.24) is 14.9 Å². The Morgan fingerprint density at radius 1 is 1.15 bits per heavy atom. The van der Waals surface area contributed by atoms with E-state index in [1.165, 1.54) is 0 Å². The van der Waals surface area contributed by atoms with Crippen molar-refractivity contribution in [3.63, 3.8) is 0 Å². The van der Waals surface area contributed by atoms with Crippen LogP contribution < -0.4 is 20.5 Å². The molecule has 3 fully saturated rings. The molecule has 40 heavy (non-hydrogen) atoms. The van der Waals surface area contributed by atoms with Gasteiger partial charge in [0.15, 0.2) is 0 Å². The van der Waals surface area contributed by atoms with Crippen LogP contribution in [0.3, 0.4) is 0 Å². The molecule has 2 aromatic heterocycles. The third kappa shape index (κ3) is 5.39. The maximum Gasteiger partial charge on any atom is 0.252 e. The second-order valence-corrected chi connectivity index (χ2v) is 12.8. The Kier molecular flexibility index (Phi) is 6.52. The molecule has 2 heterocycles. The summed E-state index contributed by atoms with van der Waals surface area (Å²) in [7, 11) is 0. The molecule has 0 radical (unpaired) electrons. The minimum Gasteiger partial charge on any atom is -0.490 e. The molecule has 0 atom stereocenters. The van der Waals surface area contributed by atoms with E-state index in [4.69, 9.17) is 15.2 Å². The van der Waals surface area contributed by atoms with Gasteiger partial charge < -0.3 is 25.6 Å². The van der Waals surface area contributed by atoms with Gasteiger partial charge in [-0.3, -0.25) is 9.59 Å². The van der Waals surface area contributed by atoms with E-state index in [0.717, 1.165) is 66.6 Å². The lowest BCUT2D eigenvalue weighted by Crippen LogP contribution is -2.59. The zero-order valence-electron chi connectivity index (χ0n) is 23.4. The number of aryl methyl sites for hydroxylation is 1. The molecule has 9 heteroatoms. The lowest BCUT2D eigenvalue weighted by Gasteiger charge is -2.57. The minimum atomic E-state index is -0.924. The van der Waals surface area contributed by atoms with Crippen molar-refractivity contribution in [2.45, 2.75) is 89.4 Å². The largest absolute Gasteiger partial charge is 0.490 e. The number of pyridine rings is 1. The number of aromatic nitrogens is 2. The van der Waals surface area contributed by atoms with E-state index in [2.05, 4.69) is 10.4 Å². The van der Waals surface area contributed by atoms with Crippen LogP contribution in [0.25, 0.3) is 5.52 Å². The Morgan fingerprint density at radius 3 is 2.58 bits per heavy atom. The molecule has 212 valence electrons. The molecule has 3 aliphatic rings. The fourth-order valence-corrected chi connectivity index (χ4v) is 6.32. The first kappa shape index (κ1) is 26.6. The number of fused-ring (bicyclic) bond motifs is 1. The van der Waals surface area contributed by atoms with Gasteiger partial charge in [0.2, 0.25) is 5.91 Å². The van der Waals surface area contributed by atoms with Crippen LogP contribution >= 0.6 is 0 Å². The average molecular weight is 547 g/mol. The van der Waals surface area contributed by atoms with Crippen molar-refractivity contribution >= 4 is 17.3 Å². The second-order valence-electron chi connectivity index (χ2n) is 12.8. The van der Waals surface area contributed by atoms with Gasteiger partial charge in [0.1, 0.15) is 18.1 Å². The fraction of sp³-hybridized carbons (Fsp3) is 0.516. The molecule has 1 aromatic carbocycles. The van der Waals surface area contributed by atoms with Crippen molar-refractivity contribution in [2.24, 2.45) is 11.1 Å². The molecular weight excluding hydrogens is 508 g/mol. The van der Waals surface area contributed by atoms with Gasteiger partial charge in [-0.05, 0) is 94.5 Å². The SMILES string of the molecule is Cc1ccc(C(N)=O)c(OC2CC3(CC(NC(=O)Cc4cnn5c(C6CC6)c(OCC(C)(C)O)ccc45)C3)C2)c1. The number of nitrogens with two attached hydrogens (primary N) is 1. The number of ether oxygens (including phenoxy) is 2. The van der Waals surface area contributed by atoms with Gasteiger partial charge in [0.25, 0.3) is 5.91 Å². The second kappa shape index (κ2) is 9.80. The molecule has 0 saturated heterocycles. The summed E-state index contributed by atoms with van der Waals surface area (Å²) >= 11 is 0. The molecule has 3 aliphatic carbocycles. The summed E-state index contributed by atoms with van der Waals surface area (Å²) in [4.78, 5) is 24.7. The lowest BCUT2D eigenvalue weighted by molar-refractivity contribution is -0.126. The zero-order valence-corrected chi connectivity index (χ0v) is 23.4. The predicted octanol–water partition coefficient (Wildman–Crippen LogP) is 3.82. The van der Waals surface area contributed by atoms with Gasteiger partial charge in [-0.15, -0.1) is 0 Å². The highest BCUT2D eigenvalue weighted by Gasteiger charge is 2.54. The van der Waals surface area contributed by atoms with Crippen molar-refractivity contribution in [2.75, 3.05) is 6.61 Å². The molecule has 0 bridgehead atoms. The van der Waals surface area contributed by atoms with Crippen LogP contribution in [0.15, 0.2) is 36.5 Å². The number of primary amides is 1. The highest BCUT2D eigenvalue weighted by Crippen LogP contribution is 2.57. The fourth-order valence-electron chi connectivity index (χ4n) is 6.32. The summed E-state index contributed by atoms with van der Waals surface area (Å²) in [5.74, 6) is 1.21. The van der Waals surface area contributed by atoms with Crippen LogP contribution in [0.4, 0.5) is 0 Å². The van der Waals surface area contributed by atoms with Crippen LogP contribution in [-0.4, -0.2) is 50.9 Å². The van der Waals surface area contributed by atoms with Gasteiger partial charge in [-0.1, -0.05) is 6.07 Å². The van der Waals surface area contributed by atoms with Crippen molar-refractivity contribution in [1.29, 1.82) is 0 Å². The van der Waals surface area contributed by atoms with E-state index >= 15 is 0 Å². The highest BCUT2D eigenvalue weighted by atomic mass is 16.5. The van der Waals surface area contributed by atoms with Gasteiger partial charge in [-0.25, -0.2) is 4.52 Å². The molecular formula is C31H38N4O5. The summed E-state index contributed by atoms with van der Waals surface area (Å²) in [5.41, 5.74) is 9.07. The molecule has 2 amide bonds. The van der Waals surface area contributed by atoms with E-state index in [0.29, 0.717) is 17.2 Å². The Bertz CT molecular complexity index is 1450. The third-order valence-corrected chi connectivity index (χ3v) is 8.40. The van der Waals surface area contributed by atoms with Gasteiger partial charge in [0, 0.05) is 17.5 Å². The predicted molar refractivity (Wildman–Crippen MR) is 150 cm³/mol. The maximum atomic E-state index is 13.0. The monoisotopic (exact) mass is 546 g/mol. The van der Waals surface area contributed by atoms with Gasteiger partial charge in [0.05, 0.1) is 41.1 Å². The summed E-state index contributed by atoms with van der Waals surface area (Å²) in [6.07, 6.45) is 8.00. The van der Waals surface area contributed by atoms with Crippen LogP contribution in [-0.2, 0) is 11.2 Å². The van der Waals surface area contributed by atoms with E-state index in [-0.39, 0.29) is 36.5 Å². The first-order valence-electron chi connectivity index (χ1n) is 14.2. The standard InChI is InChI=1S/C31H38N4O5/c1-18-4-7-23(29(32)37)26(10-18)40-22-14-31(15-22)12-21(13-31)34-27(36)11-20-16-33-35-24(20)8-9-25(28(35)19-5-6-19)39-17-30(2,3)38/h4,7-10,16,19,21-22,38H,5-6,11-15,17H2,1-3H3,(H2,32,37)(H,34,36). The highest BCUT2D eigenvalue weighted by molar-refractivity contribution is 5.95. The molecule has 4 N–H and O–H groups in total. The molecule has 3 saturated carbocycles. The number of carbonyl (C=O) groups is 2. The Balaban J connectivity index is 1.03. The number of nitrogens with zero attached hydrogens (tertiary/aromatic N) is 2. The number of benzene rings is 1. The number of hydrogen-bond acceptors (Lipinski definition) is 6. The molecule has 0 unspecified atom stereocenters. The molecule has 0 aliphatic heterocycles. The molecule has 3 aromatic rings. The summed E-state index contributed by atoms with van der Waals surface area (Å²) < 4.78 is 14.0. The topological polar surface area (TPSA) is 128 Å². The van der Waals surface area contributed by atoms with Crippen molar-refractivity contribution in [3.8, 4) is 11.5 Å². The smallest absolute Gasteiger partial charge is 0.252 e. The quantitative estimate of drug-likeness (QED) is 0.355. The molecule has 6 rings (SSSR count). The summed E-state index contributed by atoms with van der Waals surface area (Å²) in [6, 6.07) is 9.50. The number of nitrogens with one attached hydrogen (secondary N) is 1. The normalized spacial score (nSPS) is 23.9. The molecule has 1 spiro atoms. The Labute approximate surface area is 234 Å². The number of aliphatic hydroxyl groups is 1. The number of hydrogen-bond donors (Lipinski definition) is 3. The number of rotatable bonds is 10. The summed E-state index contributed by atoms with van der Waals surface area (Å²) in [6.45, 7) is 5.61. The van der Waals surface area contributed by atoms with Crippen LogP contribution in [0, 0.1) is 12.3 Å². The minimum absolute atomic E-state index is 0.00284. The van der Waals surface area contributed by atoms with Crippen LogP contribution in [0.1, 0.15) is 85.5 Å². The Morgan fingerprint density at radius 2 is 1.90 bits per heavy atom. The maximum absolute atomic E-state index is 13.0. The first-order chi connectivity index (χ1) is 19.0. The van der Waals surface area contributed by atoms with Crippen LogP contribution in [0.2, 0.25) is 0 Å². The van der Waals surface area contributed by atoms with Crippen molar-refractivity contribution in [3.05, 3.63) is 58.9 Å². The van der Waals surface area contributed by atoms with E-state index < -0.39 is 11.5 Å². The van der Waals surface area contributed by atoms with Crippen LogP contribution in [0.5, 0.6) is 11.5 Å². The summed E-state index contributed by atoms with van der Waals surface area (Å²) in [5, 5.41) is 17.9.